The Kier molecular flexibility index (Phi) is 6.97. The first-order chi connectivity index (χ1) is 19.1. The van der Waals surface area contributed by atoms with E-state index in [1.807, 2.05) is 32.9 Å². The third-order valence-corrected chi connectivity index (χ3v) is 6.86. The van der Waals surface area contributed by atoms with Crippen LogP contribution in [0.25, 0.3) is 11.1 Å². The van der Waals surface area contributed by atoms with Gasteiger partial charge in [0, 0.05) is 30.3 Å². The number of esters is 1. The van der Waals surface area contributed by atoms with Crippen LogP contribution in [0.4, 0.5) is 15.8 Å². The maximum atomic E-state index is 14.0. The van der Waals surface area contributed by atoms with Gasteiger partial charge in [0.1, 0.15) is 41.5 Å². The third-order valence-electron chi connectivity index (χ3n) is 6.86. The lowest BCUT2D eigenvalue weighted by Gasteiger charge is -2.39. The number of carbonyl (C=O) groups excluding carboxylic acids is 2. The van der Waals surface area contributed by atoms with Crippen LogP contribution >= 0.6 is 0 Å². The lowest BCUT2D eigenvalue weighted by Crippen LogP contribution is -2.52. The average Bonchev–Trinajstić information content (AvgIpc) is 3.47. The van der Waals surface area contributed by atoms with Crippen molar-refractivity contribution in [3.63, 3.8) is 0 Å². The predicted molar refractivity (Wildman–Crippen MR) is 149 cm³/mol. The Morgan fingerprint density at radius 3 is 2.55 bits per heavy atom. The van der Waals surface area contributed by atoms with Crippen LogP contribution in [0.2, 0.25) is 0 Å². The number of carbonyl (C=O) groups is 2. The normalized spacial score (nSPS) is 13.8. The van der Waals surface area contributed by atoms with E-state index in [9.17, 15) is 14.0 Å². The Bertz CT molecular complexity index is 1600. The summed E-state index contributed by atoms with van der Waals surface area (Å²) in [5.41, 5.74) is 3.78. The molecule has 1 aromatic heterocycles. The van der Waals surface area contributed by atoms with Crippen molar-refractivity contribution in [2.24, 2.45) is 0 Å². The Hall–Kier alpha value is -4.79. The average molecular weight is 545 g/mol. The molecule has 8 nitrogen and oxygen atoms in total. The number of benzene rings is 3. The van der Waals surface area contributed by atoms with Gasteiger partial charge in [-0.25, -0.2) is 9.18 Å². The summed E-state index contributed by atoms with van der Waals surface area (Å²) in [4.78, 5) is 27.3. The number of nitrogens with one attached hydrogen (secondary N) is 1. The number of ether oxygens (including phenoxy) is 3. The summed E-state index contributed by atoms with van der Waals surface area (Å²) in [7, 11) is 3.24. The Morgan fingerprint density at radius 2 is 1.82 bits per heavy atom. The first-order valence-electron chi connectivity index (χ1n) is 12.6. The molecule has 0 saturated carbocycles. The number of hydrogen-bond donors (Lipinski definition) is 1. The molecule has 5 rings (SSSR count). The van der Waals surface area contributed by atoms with E-state index in [0.29, 0.717) is 28.3 Å². The molecule has 40 heavy (non-hydrogen) atoms. The summed E-state index contributed by atoms with van der Waals surface area (Å²) in [6, 6.07) is 14.7. The standard InChI is InChI=1S/C31H29FN2O6/c1-18-6-7-20(32)14-26(18)39-17-24-22(10-11-25-28(24)34(4)30(36)31(2,3)33-25)23-9-8-21(15-27(23)37-5)40-29(35)19-12-13-38-16-19/h6-16,33H,17H2,1-5H3. The molecule has 1 amide bonds. The van der Waals surface area contributed by atoms with E-state index in [1.54, 1.807) is 36.2 Å². The van der Waals surface area contributed by atoms with Crippen LogP contribution in [-0.2, 0) is 11.4 Å². The van der Waals surface area contributed by atoms with Gasteiger partial charge in [0.2, 0.25) is 0 Å². The van der Waals surface area contributed by atoms with Crippen LogP contribution in [0.5, 0.6) is 17.2 Å². The van der Waals surface area contributed by atoms with E-state index < -0.39 is 17.3 Å². The second-order valence-corrected chi connectivity index (χ2v) is 10.1. The summed E-state index contributed by atoms with van der Waals surface area (Å²) >= 11 is 0. The minimum atomic E-state index is -0.807. The quantitative estimate of drug-likeness (QED) is 0.214. The highest BCUT2D eigenvalue weighted by Crippen LogP contribution is 2.45. The van der Waals surface area contributed by atoms with Crippen LogP contribution in [0.1, 0.15) is 35.3 Å². The number of methoxy groups -OCH3 is 1. The monoisotopic (exact) mass is 544 g/mol. The number of rotatable bonds is 7. The second kappa shape index (κ2) is 10.4. The molecule has 9 heteroatoms. The molecule has 4 aromatic rings. The van der Waals surface area contributed by atoms with Gasteiger partial charge in [-0.1, -0.05) is 12.1 Å². The van der Waals surface area contributed by atoms with Gasteiger partial charge in [-0.2, -0.15) is 0 Å². The van der Waals surface area contributed by atoms with E-state index in [-0.39, 0.29) is 23.8 Å². The van der Waals surface area contributed by atoms with Crippen molar-refractivity contribution in [1.29, 1.82) is 0 Å². The SMILES string of the molecule is COc1cc(OC(=O)c2ccoc2)ccc1-c1ccc2c(c1COc1cc(F)ccc1C)N(C)C(=O)C(C)(C)N2. The molecule has 1 aliphatic rings. The molecular weight excluding hydrogens is 515 g/mol. The molecule has 2 heterocycles. The van der Waals surface area contributed by atoms with Crippen molar-refractivity contribution >= 4 is 23.3 Å². The number of aryl methyl sites for hydroxylation is 1. The van der Waals surface area contributed by atoms with Gasteiger partial charge in [0.25, 0.3) is 5.91 Å². The number of fused-ring (bicyclic) bond motifs is 1. The number of nitrogens with zero attached hydrogens (tertiary/aromatic N) is 1. The first-order valence-corrected chi connectivity index (χ1v) is 12.6. The molecular formula is C31H29FN2O6. The summed E-state index contributed by atoms with van der Waals surface area (Å²) in [6.07, 6.45) is 2.70. The number of amides is 1. The van der Waals surface area contributed by atoms with E-state index in [2.05, 4.69) is 5.32 Å². The van der Waals surface area contributed by atoms with Crippen molar-refractivity contribution < 1.29 is 32.6 Å². The Morgan fingerprint density at radius 1 is 1.05 bits per heavy atom. The number of hydrogen-bond acceptors (Lipinski definition) is 7. The summed E-state index contributed by atoms with van der Waals surface area (Å²) < 4.78 is 36.3. The highest BCUT2D eigenvalue weighted by atomic mass is 19.1. The van der Waals surface area contributed by atoms with Gasteiger partial charge in [-0.15, -0.1) is 0 Å². The molecule has 0 radical (unpaired) electrons. The molecule has 0 aliphatic carbocycles. The molecule has 1 aliphatic heterocycles. The Balaban J connectivity index is 1.59. The second-order valence-electron chi connectivity index (χ2n) is 10.1. The molecule has 0 spiro atoms. The van der Waals surface area contributed by atoms with Crippen molar-refractivity contribution in [1.82, 2.24) is 0 Å². The summed E-state index contributed by atoms with van der Waals surface area (Å²) in [6.45, 7) is 5.52. The number of halogens is 1. The van der Waals surface area contributed by atoms with Gasteiger partial charge >= 0.3 is 5.97 Å². The largest absolute Gasteiger partial charge is 0.496 e. The fourth-order valence-electron chi connectivity index (χ4n) is 4.81. The maximum Gasteiger partial charge on any atom is 0.346 e. The molecule has 0 atom stereocenters. The Labute approximate surface area is 231 Å². The zero-order valence-corrected chi connectivity index (χ0v) is 22.8. The number of likely N-dealkylation sites (N-methyl/N-ethyl adjacent to an activating group) is 1. The summed E-state index contributed by atoms with van der Waals surface area (Å²) in [5, 5.41) is 3.32. The van der Waals surface area contributed by atoms with Crippen LogP contribution in [0, 0.1) is 12.7 Å². The van der Waals surface area contributed by atoms with E-state index >= 15 is 0 Å². The fourth-order valence-corrected chi connectivity index (χ4v) is 4.81. The van der Waals surface area contributed by atoms with Crippen molar-refractivity contribution in [3.05, 3.63) is 89.6 Å². The highest BCUT2D eigenvalue weighted by Gasteiger charge is 2.38. The van der Waals surface area contributed by atoms with Crippen LogP contribution in [0.3, 0.4) is 0 Å². The lowest BCUT2D eigenvalue weighted by molar-refractivity contribution is -0.121. The maximum absolute atomic E-state index is 14.0. The van der Waals surface area contributed by atoms with Crippen LogP contribution in [0.15, 0.2) is 71.5 Å². The van der Waals surface area contributed by atoms with Gasteiger partial charge in [0.05, 0.1) is 30.3 Å². The molecule has 1 N–H and O–H groups in total. The highest BCUT2D eigenvalue weighted by molar-refractivity contribution is 6.08. The molecule has 206 valence electrons. The summed E-state index contributed by atoms with van der Waals surface area (Å²) in [5.74, 6) is 0.0378. The number of anilines is 2. The smallest absolute Gasteiger partial charge is 0.346 e. The third kappa shape index (κ3) is 4.98. The number of furan rings is 1. The van der Waals surface area contributed by atoms with Gasteiger partial charge in [-0.3, -0.25) is 4.79 Å². The lowest BCUT2D eigenvalue weighted by atomic mass is 9.91. The van der Waals surface area contributed by atoms with Gasteiger partial charge < -0.3 is 28.8 Å². The van der Waals surface area contributed by atoms with Gasteiger partial charge in [0.15, 0.2) is 0 Å². The minimum Gasteiger partial charge on any atom is -0.496 e. The predicted octanol–water partition coefficient (Wildman–Crippen LogP) is 6.37. The zero-order chi connectivity index (χ0) is 28.6. The molecule has 0 bridgehead atoms. The zero-order valence-electron chi connectivity index (χ0n) is 22.8. The first kappa shape index (κ1) is 26.8. The fraction of sp³-hybridized carbons (Fsp3) is 0.226. The topological polar surface area (TPSA) is 90.2 Å². The van der Waals surface area contributed by atoms with Crippen LogP contribution in [-0.4, -0.2) is 31.6 Å². The van der Waals surface area contributed by atoms with Gasteiger partial charge in [-0.05, 0) is 62.2 Å². The molecule has 0 unspecified atom stereocenters. The van der Waals surface area contributed by atoms with E-state index in [4.69, 9.17) is 18.6 Å². The van der Waals surface area contributed by atoms with Crippen molar-refractivity contribution in [2.45, 2.75) is 32.9 Å². The van der Waals surface area contributed by atoms with Crippen LogP contribution < -0.4 is 24.4 Å². The molecule has 0 fully saturated rings. The van der Waals surface area contributed by atoms with E-state index in [1.165, 1.54) is 37.8 Å². The van der Waals surface area contributed by atoms with Crippen molar-refractivity contribution in [3.8, 4) is 28.4 Å². The molecule has 0 saturated heterocycles. The van der Waals surface area contributed by atoms with Crippen molar-refractivity contribution in [2.75, 3.05) is 24.4 Å². The molecule has 3 aromatic carbocycles. The van der Waals surface area contributed by atoms with E-state index in [0.717, 1.165) is 16.8 Å². The minimum absolute atomic E-state index is 0.0446.